The minimum Gasteiger partial charge on any atom is -0.382 e. The molecule has 0 amide bonds. The van der Waals surface area contributed by atoms with Crippen LogP contribution in [0.3, 0.4) is 0 Å². The third-order valence-corrected chi connectivity index (χ3v) is 3.12. The van der Waals surface area contributed by atoms with Crippen LogP contribution in [-0.4, -0.2) is 65.7 Å². The zero-order valence-electron chi connectivity index (χ0n) is 15.9. The monoisotopic (exact) mass is 459 g/mol. The van der Waals surface area contributed by atoms with E-state index in [-0.39, 0.29) is 24.0 Å². The highest BCUT2D eigenvalue weighted by molar-refractivity contribution is 14.0. The van der Waals surface area contributed by atoms with Crippen LogP contribution in [-0.2, 0) is 14.2 Å². The molecule has 0 aromatic heterocycles. The molecule has 2 N–H and O–H groups in total. The summed E-state index contributed by atoms with van der Waals surface area (Å²) in [5.41, 5.74) is 0. The Balaban J connectivity index is 0. The summed E-state index contributed by atoms with van der Waals surface area (Å²) >= 11 is 0. The molecule has 0 radical (unpaired) electrons. The molecule has 0 aliphatic heterocycles. The van der Waals surface area contributed by atoms with Crippen molar-refractivity contribution < 1.29 is 14.2 Å². The molecule has 0 saturated heterocycles. The van der Waals surface area contributed by atoms with Gasteiger partial charge in [0.15, 0.2) is 5.96 Å². The summed E-state index contributed by atoms with van der Waals surface area (Å²) in [6.45, 7) is 12.6. The van der Waals surface area contributed by atoms with E-state index in [1.807, 2.05) is 0 Å². The summed E-state index contributed by atoms with van der Waals surface area (Å²) < 4.78 is 15.9. The number of guanidine groups is 1. The second-order valence-electron chi connectivity index (χ2n) is 5.79. The first-order valence-electron chi connectivity index (χ1n) is 8.87. The number of unbranched alkanes of at least 4 members (excludes halogenated alkanes) is 1. The number of nitrogens with one attached hydrogen (secondary N) is 2. The van der Waals surface area contributed by atoms with Gasteiger partial charge in [-0.2, -0.15) is 0 Å². The lowest BCUT2D eigenvalue weighted by atomic mass is 10.1. The minimum absolute atomic E-state index is 0. The third kappa shape index (κ3) is 19.9. The predicted octanol–water partition coefficient (Wildman–Crippen LogP) is 2.67. The quantitative estimate of drug-likeness (QED) is 0.171. The van der Waals surface area contributed by atoms with Crippen LogP contribution in [0, 0.1) is 5.92 Å². The molecule has 0 aromatic rings. The van der Waals surface area contributed by atoms with Crippen molar-refractivity contribution in [3.63, 3.8) is 0 Å². The fraction of sp³-hybridized carbons (Fsp3) is 0.941. The van der Waals surface area contributed by atoms with Crippen molar-refractivity contribution in [2.24, 2.45) is 10.9 Å². The molecule has 6 nitrogen and oxygen atoms in total. The van der Waals surface area contributed by atoms with E-state index >= 15 is 0 Å². The fourth-order valence-electron chi connectivity index (χ4n) is 1.76. The zero-order valence-corrected chi connectivity index (χ0v) is 18.3. The van der Waals surface area contributed by atoms with Gasteiger partial charge in [0.25, 0.3) is 0 Å². The summed E-state index contributed by atoms with van der Waals surface area (Å²) in [5.74, 6) is 1.56. The van der Waals surface area contributed by atoms with E-state index in [1.165, 1.54) is 0 Å². The third-order valence-electron chi connectivity index (χ3n) is 3.12. The van der Waals surface area contributed by atoms with Crippen LogP contribution in [0.4, 0.5) is 0 Å². The smallest absolute Gasteiger partial charge is 0.191 e. The van der Waals surface area contributed by atoms with E-state index in [2.05, 4.69) is 36.4 Å². The average molecular weight is 459 g/mol. The Labute approximate surface area is 165 Å². The van der Waals surface area contributed by atoms with Gasteiger partial charge in [0.05, 0.1) is 19.8 Å². The molecule has 0 saturated carbocycles. The van der Waals surface area contributed by atoms with Gasteiger partial charge >= 0.3 is 0 Å². The predicted molar refractivity (Wildman–Crippen MR) is 112 cm³/mol. The van der Waals surface area contributed by atoms with Crippen molar-refractivity contribution in [3.8, 4) is 0 Å². The Morgan fingerprint density at radius 3 is 2.38 bits per heavy atom. The van der Waals surface area contributed by atoms with Crippen LogP contribution in [0.1, 0.15) is 40.0 Å². The van der Waals surface area contributed by atoms with Gasteiger partial charge in [-0.3, -0.25) is 4.99 Å². The van der Waals surface area contributed by atoms with Crippen molar-refractivity contribution in [3.05, 3.63) is 0 Å². The molecule has 0 spiro atoms. The van der Waals surface area contributed by atoms with E-state index in [9.17, 15) is 0 Å². The van der Waals surface area contributed by atoms with Crippen molar-refractivity contribution in [2.45, 2.75) is 40.0 Å². The molecule has 0 atom stereocenters. The highest BCUT2D eigenvalue weighted by Crippen LogP contribution is 1.98. The van der Waals surface area contributed by atoms with Crippen LogP contribution in [0.5, 0.6) is 0 Å². The maximum Gasteiger partial charge on any atom is 0.191 e. The molecule has 0 aliphatic carbocycles. The molecule has 0 unspecified atom stereocenters. The first kappa shape index (κ1) is 26.1. The first-order valence-corrected chi connectivity index (χ1v) is 8.87. The van der Waals surface area contributed by atoms with Gasteiger partial charge in [-0.05, 0) is 32.1 Å². The summed E-state index contributed by atoms with van der Waals surface area (Å²) in [6, 6.07) is 0. The van der Waals surface area contributed by atoms with Crippen molar-refractivity contribution in [2.75, 3.05) is 59.8 Å². The Morgan fingerprint density at radius 2 is 1.71 bits per heavy atom. The summed E-state index contributed by atoms with van der Waals surface area (Å²) in [7, 11) is 1.68. The molecule has 24 heavy (non-hydrogen) atoms. The molecule has 146 valence electrons. The SMILES string of the molecule is CCNC(=NCCCCOCCOC)NCCOCCC(C)C.I. The lowest BCUT2D eigenvalue weighted by molar-refractivity contribution is 0.0690. The van der Waals surface area contributed by atoms with Crippen LogP contribution >= 0.6 is 24.0 Å². The standard InChI is InChI=1S/C17H37N3O3.HI/c1-5-18-17(20-10-13-23-12-8-16(2)3)19-9-6-7-11-22-15-14-21-4;/h16H,5-15H2,1-4H3,(H2,18,19,20);1H. The molecule has 7 heteroatoms. The number of hydrogen-bond acceptors (Lipinski definition) is 4. The number of rotatable bonds is 15. The maximum atomic E-state index is 5.59. The Hall–Kier alpha value is -0.120. The van der Waals surface area contributed by atoms with E-state index in [0.717, 1.165) is 58.1 Å². The molecular weight excluding hydrogens is 421 g/mol. The Bertz CT molecular complexity index is 280. The normalized spacial score (nSPS) is 11.5. The number of aliphatic imine (C=N–C) groups is 1. The molecule has 0 rings (SSSR count). The van der Waals surface area contributed by atoms with Crippen molar-refractivity contribution >= 4 is 29.9 Å². The molecular formula is C17H38IN3O3. The second-order valence-corrected chi connectivity index (χ2v) is 5.79. The van der Waals surface area contributed by atoms with Gasteiger partial charge < -0.3 is 24.8 Å². The zero-order chi connectivity index (χ0) is 17.2. The molecule has 0 fully saturated rings. The topological polar surface area (TPSA) is 64.1 Å². The molecule has 0 heterocycles. The summed E-state index contributed by atoms with van der Waals surface area (Å²) in [5, 5.41) is 6.54. The van der Waals surface area contributed by atoms with Gasteiger partial charge in [0.2, 0.25) is 0 Å². The van der Waals surface area contributed by atoms with Gasteiger partial charge in [-0.25, -0.2) is 0 Å². The van der Waals surface area contributed by atoms with E-state index in [4.69, 9.17) is 14.2 Å². The number of nitrogens with zero attached hydrogens (tertiary/aromatic N) is 1. The molecule has 0 aliphatic rings. The van der Waals surface area contributed by atoms with Crippen molar-refractivity contribution in [1.29, 1.82) is 0 Å². The van der Waals surface area contributed by atoms with Gasteiger partial charge in [0, 0.05) is 40.0 Å². The van der Waals surface area contributed by atoms with E-state index in [0.29, 0.717) is 25.7 Å². The van der Waals surface area contributed by atoms with Gasteiger partial charge in [-0.1, -0.05) is 13.8 Å². The maximum absolute atomic E-state index is 5.59. The fourth-order valence-corrected chi connectivity index (χ4v) is 1.76. The average Bonchev–Trinajstić information content (AvgIpc) is 2.52. The highest BCUT2D eigenvalue weighted by atomic mass is 127. The van der Waals surface area contributed by atoms with Crippen LogP contribution in [0.2, 0.25) is 0 Å². The van der Waals surface area contributed by atoms with Crippen LogP contribution in [0.25, 0.3) is 0 Å². The van der Waals surface area contributed by atoms with Crippen LogP contribution < -0.4 is 10.6 Å². The number of hydrogen-bond donors (Lipinski definition) is 2. The largest absolute Gasteiger partial charge is 0.382 e. The summed E-state index contributed by atoms with van der Waals surface area (Å²) in [4.78, 5) is 4.55. The van der Waals surface area contributed by atoms with Gasteiger partial charge in [-0.15, -0.1) is 24.0 Å². The summed E-state index contributed by atoms with van der Waals surface area (Å²) in [6.07, 6.45) is 3.15. The van der Waals surface area contributed by atoms with Crippen molar-refractivity contribution in [1.82, 2.24) is 10.6 Å². The van der Waals surface area contributed by atoms with Crippen LogP contribution in [0.15, 0.2) is 4.99 Å². The second kappa shape index (κ2) is 20.9. The lowest BCUT2D eigenvalue weighted by Crippen LogP contribution is -2.39. The molecule has 0 aromatic carbocycles. The lowest BCUT2D eigenvalue weighted by Gasteiger charge is -2.12. The Morgan fingerprint density at radius 1 is 0.958 bits per heavy atom. The molecule has 0 bridgehead atoms. The number of halogens is 1. The first-order chi connectivity index (χ1) is 11.2. The Kier molecular flexibility index (Phi) is 22.8. The minimum atomic E-state index is 0. The number of ether oxygens (including phenoxy) is 3. The van der Waals surface area contributed by atoms with E-state index < -0.39 is 0 Å². The van der Waals surface area contributed by atoms with Gasteiger partial charge in [0.1, 0.15) is 0 Å². The number of methoxy groups -OCH3 is 1. The van der Waals surface area contributed by atoms with E-state index in [1.54, 1.807) is 7.11 Å². The highest BCUT2D eigenvalue weighted by Gasteiger charge is 1.98.